The van der Waals surface area contributed by atoms with Crippen LogP contribution in [0.3, 0.4) is 0 Å². The molecular formula is C13H15FN2O. The van der Waals surface area contributed by atoms with E-state index in [1.807, 2.05) is 24.8 Å². The normalized spacial score (nSPS) is 17.8. The minimum atomic E-state index is -0.723. The number of hydrogen-bond acceptors (Lipinski definition) is 3. The Labute approximate surface area is 100 Å². The van der Waals surface area contributed by atoms with Crippen molar-refractivity contribution in [3.63, 3.8) is 0 Å². The van der Waals surface area contributed by atoms with Crippen molar-refractivity contribution in [1.82, 2.24) is 0 Å². The molecule has 0 aromatic heterocycles. The zero-order valence-electron chi connectivity index (χ0n) is 9.94. The Morgan fingerprint density at radius 2 is 2.12 bits per heavy atom. The Bertz CT molecular complexity index is 473. The SMILES string of the molecule is CC(C)C1(O)CN(c2cccc(F)c2C#N)C1. The third-order valence-corrected chi connectivity index (χ3v) is 3.45. The number of halogens is 1. The second-order valence-electron chi connectivity index (χ2n) is 4.86. The summed E-state index contributed by atoms with van der Waals surface area (Å²) in [6, 6.07) is 6.44. The molecule has 1 N–H and O–H groups in total. The van der Waals surface area contributed by atoms with Gasteiger partial charge in [-0.2, -0.15) is 5.26 Å². The number of rotatable bonds is 2. The van der Waals surface area contributed by atoms with Crippen molar-refractivity contribution in [3.8, 4) is 6.07 Å². The predicted octanol–water partition coefficient (Wildman–Crippen LogP) is 1.90. The maximum Gasteiger partial charge on any atom is 0.143 e. The molecule has 0 bridgehead atoms. The molecule has 0 atom stereocenters. The lowest BCUT2D eigenvalue weighted by Gasteiger charge is -2.50. The highest BCUT2D eigenvalue weighted by atomic mass is 19.1. The van der Waals surface area contributed by atoms with Crippen molar-refractivity contribution in [1.29, 1.82) is 5.26 Å². The second kappa shape index (κ2) is 4.01. The van der Waals surface area contributed by atoms with E-state index < -0.39 is 11.4 Å². The molecule has 0 spiro atoms. The lowest BCUT2D eigenvalue weighted by Crippen LogP contribution is -2.65. The Morgan fingerprint density at radius 1 is 1.47 bits per heavy atom. The molecule has 4 heteroatoms. The average Bonchev–Trinajstić information content (AvgIpc) is 2.24. The first-order valence-electron chi connectivity index (χ1n) is 5.64. The molecule has 1 aliphatic rings. The zero-order valence-corrected chi connectivity index (χ0v) is 9.94. The van der Waals surface area contributed by atoms with Gasteiger partial charge in [0, 0.05) is 13.1 Å². The summed E-state index contributed by atoms with van der Waals surface area (Å²) in [7, 11) is 0. The van der Waals surface area contributed by atoms with E-state index in [0.717, 1.165) is 0 Å². The minimum absolute atomic E-state index is 0.0540. The Hall–Kier alpha value is -1.60. The van der Waals surface area contributed by atoms with Crippen LogP contribution in [0.15, 0.2) is 18.2 Å². The summed E-state index contributed by atoms with van der Waals surface area (Å²) < 4.78 is 13.4. The molecule has 1 heterocycles. The number of nitriles is 1. The molecule has 3 nitrogen and oxygen atoms in total. The fourth-order valence-electron chi connectivity index (χ4n) is 2.04. The number of hydrogen-bond donors (Lipinski definition) is 1. The van der Waals surface area contributed by atoms with E-state index in [0.29, 0.717) is 18.8 Å². The summed E-state index contributed by atoms with van der Waals surface area (Å²) >= 11 is 0. The van der Waals surface area contributed by atoms with Crippen molar-refractivity contribution >= 4 is 5.69 Å². The zero-order chi connectivity index (χ0) is 12.6. The molecule has 2 rings (SSSR count). The first-order valence-corrected chi connectivity index (χ1v) is 5.64. The highest BCUT2D eigenvalue weighted by Gasteiger charge is 2.44. The van der Waals surface area contributed by atoms with Gasteiger partial charge in [0.25, 0.3) is 0 Å². The highest BCUT2D eigenvalue weighted by Crippen LogP contribution is 2.34. The average molecular weight is 234 g/mol. The van der Waals surface area contributed by atoms with Gasteiger partial charge >= 0.3 is 0 Å². The fraction of sp³-hybridized carbons (Fsp3) is 0.462. The van der Waals surface area contributed by atoms with Crippen LogP contribution < -0.4 is 4.90 Å². The monoisotopic (exact) mass is 234 g/mol. The van der Waals surface area contributed by atoms with Crippen LogP contribution in [0.1, 0.15) is 19.4 Å². The number of nitrogens with zero attached hydrogens (tertiary/aromatic N) is 2. The number of anilines is 1. The minimum Gasteiger partial charge on any atom is -0.386 e. The molecule has 1 fully saturated rings. The summed E-state index contributed by atoms with van der Waals surface area (Å²) in [6.07, 6.45) is 0. The lowest BCUT2D eigenvalue weighted by atomic mass is 9.82. The largest absolute Gasteiger partial charge is 0.386 e. The number of benzene rings is 1. The molecule has 1 aliphatic heterocycles. The molecule has 90 valence electrons. The van der Waals surface area contributed by atoms with Crippen molar-refractivity contribution in [3.05, 3.63) is 29.6 Å². The van der Waals surface area contributed by atoms with Gasteiger partial charge in [-0.25, -0.2) is 4.39 Å². The van der Waals surface area contributed by atoms with E-state index in [2.05, 4.69) is 0 Å². The summed E-state index contributed by atoms with van der Waals surface area (Å²) in [6.45, 7) is 4.80. The van der Waals surface area contributed by atoms with E-state index in [-0.39, 0.29) is 11.5 Å². The van der Waals surface area contributed by atoms with E-state index in [9.17, 15) is 9.50 Å². The first-order chi connectivity index (χ1) is 7.98. The van der Waals surface area contributed by atoms with Crippen molar-refractivity contribution in [2.45, 2.75) is 19.4 Å². The van der Waals surface area contributed by atoms with E-state index in [1.165, 1.54) is 6.07 Å². The van der Waals surface area contributed by atoms with Gasteiger partial charge in [0.05, 0.1) is 5.69 Å². The van der Waals surface area contributed by atoms with Crippen LogP contribution in [0.4, 0.5) is 10.1 Å². The van der Waals surface area contributed by atoms with Crippen LogP contribution in [0.2, 0.25) is 0 Å². The predicted molar refractivity (Wildman–Crippen MR) is 63.1 cm³/mol. The standard InChI is InChI=1S/C13H15FN2O/c1-9(2)13(17)7-16(8-13)12-5-3-4-11(14)10(12)6-15/h3-5,9,17H,7-8H2,1-2H3. The molecule has 0 aliphatic carbocycles. The van der Waals surface area contributed by atoms with Gasteiger partial charge in [-0.3, -0.25) is 0 Å². The molecule has 1 aromatic carbocycles. The van der Waals surface area contributed by atoms with Gasteiger partial charge in [-0.15, -0.1) is 0 Å². The molecule has 17 heavy (non-hydrogen) atoms. The van der Waals surface area contributed by atoms with Gasteiger partial charge < -0.3 is 10.0 Å². The molecule has 1 saturated heterocycles. The lowest BCUT2D eigenvalue weighted by molar-refractivity contribution is -0.0301. The van der Waals surface area contributed by atoms with Gasteiger partial charge in [0.1, 0.15) is 23.1 Å². The van der Waals surface area contributed by atoms with Crippen LogP contribution in [-0.4, -0.2) is 23.8 Å². The van der Waals surface area contributed by atoms with Crippen LogP contribution in [0.25, 0.3) is 0 Å². The quantitative estimate of drug-likeness (QED) is 0.850. The van der Waals surface area contributed by atoms with Gasteiger partial charge in [-0.05, 0) is 18.1 Å². The second-order valence-corrected chi connectivity index (χ2v) is 4.86. The fourth-order valence-corrected chi connectivity index (χ4v) is 2.04. The molecule has 0 radical (unpaired) electrons. The van der Waals surface area contributed by atoms with Crippen LogP contribution in [0, 0.1) is 23.1 Å². The first kappa shape index (κ1) is 11.9. The van der Waals surface area contributed by atoms with Crippen molar-refractivity contribution in [2.24, 2.45) is 5.92 Å². The summed E-state index contributed by atoms with van der Waals surface area (Å²) in [5, 5.41) is 19.1. The van der Waals surface area contributed by atoms with Crippen molar-refractivity contribution < 1.29 is 9.50 Å². The van der Waals surface area contributed by atoms with Crippen LogP contribution >= 0.6 is 0 Å². The Morgan fingerprint density at radius 3 is 2.65 bits per heavy atom. The number of aliphatic hydroxyl groups is 1. The molecule has 1 aromatic rings. The maximum absolute atomic E-state index is 13.4. The topological polar surface area (TPSA) is 47.3 Å². The molecule has 0 saturated carbocycles. The third kappa shape index (κ3) is 1.87. The summed E-state index contributed by atoms with van der Waals surface area (Å²) in [4.78, 5) is 1.83. The van der Waals surface area contributed by atoms with E-state index in [4.69, 9.17) is 5.26 Å². The van der Waals surface area contributed by atoms with Gasteiger partial charge in [0.15, 0.2) is 0 Å². The molecular weight excluding hydrogens is 219 g/mol. The Kier molecular flexibility index (Phi) is 2.80. The van der Waals surface area contributed by atoms with E-state index >= 15 is 0 Å². The van der Waals surface area contributed by atoms with Gasteiger partial charge in [0.2, 0.25) is 0 Å². The maximum atomic E-state index is 13.4. The summed E-state index contributed by atoms with van der Waals surface area (Å²) in [5.74, 6) is -0.358. The van der Waals surface area contributed by atoms with E-state index in [1.54, 1.807) is 12.1 Å². The smallest absolute Gasteiger partial charge is 0.143 e. The molecule has 0 amide bonds. The third-order valence-electron chi connectivity index (χ3n) is 3.45. The molecule has 0 unspecified atom stereocenters. The van der Waals surface area contributed by atoms with Crippen LogP contribution in [-0.2, 0) is 0 Å². The number of β-amino-alcohol motifs (C(OH)–C–C–N with tert-alkyl or cyclic N) is 1. The van der Waals surface area contributed by atoms with Gasteiger partial charge in [-0.1, -0.05) is 19.9 Å². The summed E-state index contributed by atoms with van der Waals surface area (Å²) in [5.41, 5.74) is -0.102. The van der Waals surface area contributed by atoms with Crippen LogP contribution in [0.5, 0.6) is 0 Å². The van der Waals surface area contributed by atoms with Crippen molar-refractivity contribution in [2.75, 3.05) is 18.0 Å². The Balaban J connectivity index is 2.23. The highest BCUT2D eigenvalue weighted by molar-refractivity contribution is 5.62.